The maximum Gasteiger partial charge on any atom is 0.190 e. The summed E-state index contributed by atoms with van der Waals surface area (Å²) in [5.74, 6) is 1.90. The van der Waals surface area contributed by atoms with Crippen molar-refractivity contribution in [3.63, 3.8) is 0 Å². The lowest BCUT2D eigenvalue weighted by molar-refractivity contribution is 0.0931. The van der Waals surface area contributed by atoms with E-state index in [0.29, 0.717) is 18.4 Å². The Hall–Kier alpha value is -1.55. The smallest absolute Gasteiger partial charge is 0.190 e. The molecule has 1 rings (SSSR count). The van der Waals surface area contributed by atoms with Gasteiger partial charge < -0.3 is 15.4 Å². The molecule has 0 aromatic heterocycles. The Labute approximate surface area is 129 Å². The third-order valence-corrected chi connectivity index (χ3v) is 3.03. The van der Waals surface area contributed by atoms with Crippen molar-refractivity contribution >= 4 is 5.96 Å². The van der Waals surface area contributed by atoms with E-state index in [2.05, 4.69) is 48.5 Å². The minimum absolute atomic E-state index is 0.436. The van der Waals surface area contributed by atoms with Crippen molar-refractivity contribution in [1.29, 1.82) is 0 Å². The third kappa shape index (κ3) is 8.35. The average molecular weight is 291 g/mol. The van der Waals surface area contributed by atoms with Gasteiger partial charge in [-0.2, -0.15) is 0 Å². The highest BCUT2D eigenvalue weighted by Gasteiger charge is 2.05. The number of guanidine groups is 1. The Kier molecular flexibility index (Phi) is 8.51. The molecular formula is C17H29N3O. The Morgan fingerprint density at radius 3 is 2.38 bits per heavy atom. The summed E-state index contributed by atoms with van der Waals surface area (Å²) in [6.45, 7) is 9.73. The van der Waals surface area contributed by atoms with Crippen LogP contribution in [0.2, 0.25) is 0 Å². The van der Waals surface area contributed by atoms with Crippen LogP contribution in [0.4, 0.5) is 0 Å². The van der Waals surface area contributed by atoms with Gasteiger partial charge in [-0.05, 0) is 17.4 Å². The quantitative estimate of drug-likeness (QED) is 0.572. The van der Waals surface area contributed by atoms with Crippen LogP contribution in [0.5, 0.6) is 0 Å². The summed E-state index contributed by atoms with van der Waals surface area (Å²) in [4.78, 5) is 4.21. The van der Waals surface area contributed by atoms with Gasteiger partial charge in [-0.1, -0.05) is 51.1 Å². The van der Waals surface area contributed by atoms with E-state index in [4.69, 9.17) is 4.74 Å². The summed E-state index contributed by atoms with van der Waals surface area (Å²) < 4.78 is 5.75. The van der Waals surface area contributed by atoms with E-state index in [1.807, 2.05) is 18.2 Å². The van der Waals surface area contributed by atoms with Gasteiger partial charge in [0.2, 0.25) is 0 Å². The highest BCUT2D eigenvalue weighted by molar-refractivity contribution is 5.79. The monoisotopic (exact) mass is 291 g/mol. The van der Waals surface area contributed by atoms with E-state index in [0.717, 1.165) is 25.7 Å². The predicted octanol–water partition coefficient (Wildman–Crippen LogP) is 2.66. The SMILES string of the molecule is CN=C(NCC(C)C)NCC(C)COCc1ccccc1. The second-order valence-corrected chi connectivity index (χ2v) is 5.83. The minimum atomic E-state index is 0.436. The zero-order valence-corrected chi connectivity index (χ0v) is 13.7. The van der Waals surface area contributed by atoms with Gasteiger partial charge in [0, 0.05) is 20.1 Å². The molecule has 0 aliphatic heterocycles. The van der Waals surface area contributed by atoms with Gasteiger partial charge in [-0.15, -0.1) is 0 Å². The minimum Gasteiger partial charge on any atom is -0.376 e. The van der Waals surface area contributed by atoms with E-state index in [1.54, 1.807) is 7.05 Å². The first kappa shape index (κ1) is 17.5. The zero-order chi connectivity index (χ0) is 15.5. The molecular weight excluding hydrogens is 262 g/mol. The zero-order valence-electron chi connectivity index (χ0n) is 13.7. The predicted molar refractivity (Wildman–Crippen MR) is 89.5 cm³/mol. The molecule has 2 N–H and O–H groups in total. The number of rotatable bonds is 8. The first-order valence-corrected chi connectivity index (χ1v) is 7.68. The van der Waals surface area contributed by atoms with Gasteiger partial charge in [-0.3, -0.25) is 4.99 Å². The molecule has 0 bridgehead atoms. The number of ether oxygens (including phenoxy) is 1. The van der Waals surface area contributed by atoms with Gasteiger partial charge in [0.1, 0.15) is 0 Å². The van der Waals surface area contributed by atoms with Crippen molar-refractivity contribution in [2.45, 2.75) is 27.4 Å². The molecule has 0 aliphatic carbocycles. The number of hydrogen-bond acceptors (Lipinski definition) is 2. The highest BCUT2D eigenvalue weighted by atomic mass is 16.5. The first-order valence-electron chi connectivity index (χ1n) is 7.68. The summed E-state index contributed by atoms with van der Waals surface area (Å²) >= 11 is 0. The molecule has 0 saturated carbocycles. The summed E-state index contributed by atoms with van der Waals surface area (Å²) in [7, 11) is 1.80. The van der Waals surface area contributed by atoms with Crippen LogP contribution < -0.4 is 10.6 Å². The van der Waals surface area contributed by atoms with Crippen LogP contribution in [0.3, 0.4) is 0 Å². The maximum absolute atomic E-state index is 5.75. The van der Waals surface area contributed by atoms with Crippen molar-refractivity contribution in [2.24, 2.45) is 16.8 Å². The lowest BCUT2D eigenvalue weighted by atomic mass is 10.2. The van der Waals surface area contributed by atoms with Gasteiger partial charge in [0.15, 0.2) is 5.96 Å². The lowest BCUT2D eigenvalue weighted by Gasteiger charge is -2.17. The van der Waals surface area contributed by atoms with Crippen LogP contribution in [0.1, 0.15) is 26.3 Å². The largest absolute Gasteiger partial charge is 0.376 e. The van der Waals surface area contributed by atoms with Crippen molar-refractivity contribution in [1.82, 2.24) is 10.6 Å². The molecule has 0 saturated heterocycles. The summed E-state index contributed by atoms with van der Waals surface area (Å²) in [5.41, 5.74) is 1.21. The van der Waals surface area contributed by atoms with Crippen molar-refractivity contribution in [3.8, 4) is 0 Å². The molecule has 0 radical (unpaired) electrons. The molecule has 0 amide bonds. The van der Waals surface area contributed by atoms with Crippen molar-refractivity contribution in [3.05, 3.63) is 35.9 Å². The second kappa shape index (κ2) is 10.2. The number of nitrogens with zero attached hydrogens (tertiary/aromatic N) is 1. The number of hydrogen-bond donors (Lipinski definition) is 2. The van der Waals surface area contributed by atoms with Crippen LogP contribution >= 0.6 is 0 Å². The molecule has 1 aromatic rings. The Morgan fingerprint density at radius 2 is 1.76 bits per heavy atom. The van der Waals surface area contributed by atoms with E-state index < -0.39 is 0 Å². The average Bonchev–Trinajstić information content (AvgIpc) is 2.48. The normalized spacial score (nSPS) is 13.3. The van der Waals surface area contributed by atoms with Gasteiger partial charge in [0.25, 0.3) is 0 Å². The number of nitrogens with one attached hydrogen (secondary N) is 2. The molecule has 1 aromatic carbocycles. The van der Waals surface area contributed by atoms with Crippen molar-refractivity contribution < 1.29 is 4.74 Å². The number of benzene rings is 1. The molecule has 0 heterocycles. The molecule has 1 atom stereocenters. The topological polar surface area (TPSA) is 45.7 Å². The number of aliphatic imine (C=N–C) groups is 1. The molecule has 0 aliphatic rings. The summed E-state index contributed by atoms with van der Waals surface area (Å²) in [5, 5.41) is 6.64. The Morgan fingerprint density at radius 1 is 1.10 bits per heavy atom. The van der Waals surface area contributed by atoms with E-state index in [1.165, 1.54) is 5.56 Å². The fraction of sp³-hybridized carbons (Fsp3) is 0.588. The highest BCUT2D eigenvalue weighted by Crippen LogP contribution is 2.02. The Bertz CT molecular complexity index is 404. The van der Waals surface area contributed by atoms with Crippen LogP contribution in [0.15, 0.2) is 35.3 Å². The molecule has 118 valence electrons. The molecule has 0 spiro atoms. The van der Waals surface area contributed by atoms with Crippen LogP contribution in [0, 0.1) is 11.8 Å². The molecule has 1 unspecified atom stereocenters. The van der Waals surface area contributed by atoms with Gasteiger partial charge in [0.05, 0.1) is 13.2 Å². The van der Waals surface area contributed by atoms with Gasteiger partial charge in [-0.25, -0.2) is 0 Å². The third-order valence-electron chi connectivity index (χ3n) is 3.03. The molecule has 4 heteroatoms. The maximum atomic E-state index is 5.75. The van der Waals surface area contributed by atoms with Gasteiger partial charge >= 0.3 is 0 Å². The molecule has 21 heavy (non-hydrogen) atoms. The van der Waals surface area contributed by atoms with Crippen LogP contribution in [-0.2, 0) is 11.3 Å². The summed E-state index contributed by atoms with van der Waals surface area (Å²) in [6.07, 6.45) is 0. The van der Waals surface area contributed by atoms with Crippen LogP contribution in [0.25, 0.3) is 0 Å². The molecule has 4 nitrogen and oxygen atoms in total. The van der Waals surface area contributed by atoms with E-state index >= 15 is 0 Å². The fourth-order valence-electron chi connectivity index (χ4n) is 1.80. The lowest BCUT2D eigenvalue weighted by Crippen LogP contribution is -2.41. The second-order valence-electron chi connectivity index (χ2n) is 5.83. The summed E-state index contributed by atoms with van der Waals surface area (Å²) in [6, 6.07) is 10.3. The van der Waals surface area contributed by atoms with Crippen LogP contribution in [-0.4, -0.2) is 32.7 Å². The standard InChI is InChI=1S/C17H29N3O/c1-14(2)10-19-17(18-4)20-11-15(3)12-21-13-16-8-6-5-7-9-16/h5-9,14-15H,10-13H2,1-4H3,(H2,18,19,20). The van der Waals surface area contributed by atoms with Crippen molar-refractivity contribution in [2.75, 3.05) is 26.7 Å². The van der Waals surface area contributed by atoms with E-state index in [-0.39, 0.29) is 0 Å². The fourth-order valence-corrected chi connectivity index (χ4v) is 1.80. The van der Waals surface area contributed by atoms with E-state index in [9.17, 15) is 0 Å². The first-order chi connectivity index (χ1) is 10.1. The Balaban J connectivity index is 2.16. The molecule has 0 fully saturated rings.